The molecule has 4 rings (SSSR count). The number of benzene rings is 1. The molecule has 3 N–H and O–H groups in total. The first-order valence-electron chi connectivity index (χ1n) is 9.95. The van der Waals surface area contributed by atoms with Crippen molar-refractivity contribution in [3.63, 3.8) is 0 Å². The predicted molar refractivity (Wildman–Crippen MR) is 105 cm³/mol. The van der Waals surface area contributed by atoms with E-state index in [9.17, 15) is 23.9 Å². The highest BCUT2D eigenvalue weighted by Crippen LogP contribution is 2.43. The Morgan fingerprint density at radius 2 is 2.07 bits per heavy atom. The van der Waals surface area contributed by atoms with E-state index in [1.807, 2.05) is 0 Å². The van der Waals surface area contributed by atoms with E-state index in [0.29, 0.717) is 30.8 Å². The van der Waals surface area contributed by atoms with Crippen molar-refractivity contribution in [2.24, 2.45) is 5.92 Å². The lowest BCUT2D eigenvalue weighted by atomic mass is 9.72. The molecule has 0 saturated heterocycles. The van der Waals surface area contributed by atoms with Crippen molar-refractivity contribution in [3.05, 3.63) is 57.5 Å². The second-order valence-electron chi connectivity index (χ2n) is 8.08. The number of rotatable bonds is 4. The molecule has 2 amide bonds. The normalized spacial score (nSPS) is 22.1. The number of hydrogen-bond donors (Lipinski definition) is 3. The van der Waals surface area contributed by atoms with Crippen LogP contribution < -0.4 is 16.2 Å². The first-order valence-corrected chi connectivity index (χ1v) is 9.95. The van der Waals surface area contributed by atoms with E-state index in [2.05, 4.69) is 15.6 Å². The number of nitrogens with zero attached hydrogens (tertiary/aromatic N) is 2. The standard InChI is InChI=1S/C21H23FN4O4/c1-12(27)25-21-8-2-3-14(9-21)11-26-19(30)17(28)16(24-20(21)26)18(29)23-10-13-4-6-15(22)7-5-13/h4-7,14,28H,2-3,8-11H2,1H3,(H,23,29)(H,25,27). The van der Waals surface area contributed by atoms with E-state index in [1.165, 1.54) is 35.8 Å². The molecule has 0 spiro atoms. The SMILES string of the molecule is CC(=O)NC12CCCC(Cn3c1nc(C(=O)NCc1ccc(F)cc1)c(O)c3=O)C2. The number of amides is 2. The van der Waals surface area contributed by atoms with Crippen LogP contribution in [0.3, 0.4) is 0 Å². The molecule has 1 saturated carbocycles. The molecule has 1 aromatic carbocycles. The lowest BCUT2D eigenvalue weighted by Crippen LogP contribution is -2.55. The highest BCUT2D eigenvalue weighted by atomic mass is 19.1. The quantitative estimate of drug-likeness (QED) is 0.703. The number of halogens is 1. The minimum absolute atomic E-state index is 0.0809. The van der Waals surface area contributed by atoms with Gasteiger partial charge in [0.25, 0.3) is 11.5 Å². The van der Waals surface area contributed by atoms with Crippen LogP contribution in [0.2, 0.25) is 0 Å². The zero-order valence-corrected chi connectivity index (χ0v) is 16.6. The van der Waals surface area contributed by atoms with E-state index >= 15 is 0 Å². The van der Waals surface area contributed by atoms with E-state index < -0.39 is 22.8 Å². The van der Waals surface area contributed by atoms with Crippen LogP contribution >= 0.6 is 0 Å². The summed E-state index contributed by atoms with van der Waals surface area (Å²) in [6, 6.07) is 5.61. The third kappa shape index (κ3) is 3.55. The van der Waals surface area contributed by atoms with Gasteiger partial charge in [-0.2, -0.15) is 0 Å². The van der Waals surface area contributed by atoms with Crippen LogP contribution in [0.25, 0.3) is 0 Å². The fourth-order valence-electron chi connectivity index (χ4n) is 4.62. The summed E-state index contributed by atoms with van der Waals surface area (Å²) in [5.41, 5.74) is -1.23. The maximum Gasteiger partial charge on any atom is 0.296 e. The summed E-state index contributed by atoms with van der Waals surface area (Å²) in [6.45, 7) is 1.89. The molecular weight excluding hydrogens is 391 g/mol. The van der Waals surface area contributed by atoms with Crippen molar-refractivity contribution >= 4 is 11.8 Å². The Kier molecular flexibility index (Phi) is 5.05. The highest BCUT2D eigenvalue weighted by Gasteiger charge is 2.46. The summed E-state index contributed by atoms with van der Waals surface area (Å²) >= 11 is 0. The maximum atomic E-state index is 13.0. The van der Waals surface area contributed by atoms with Crippen molar-refractivity contribution in [3.8, 4) is 5.75 Å². The number of carbonyl (C=O) groups is 2. The second kappa shape index (κ2) is 7.55. The number of aromatic hydroxyl groups is 1. The first kappa shape index (κ1) is 20.1. The zero-order valence-electron chi connectivity index (χ0n) is 16.6. The molecule has 30 heavy (non-hydrogen) atoms. The lowest BCUT2D eigenvalue weighted by molar-refractivity contribution is -0.122. The number of fused-ring (bicyclic) bond motifs is 4. The summed E-state index contributed by atoms with van der Waals surface area (Å²) in [5, 5.41) is 15.9. The van der Waals surface area contributed by atoms with Gasteiger partial charge >= 0.3 is 0 Å². The largest absolute Gasteiger partial charge is 0.501 e. The smallest absolute Gasteiger partial charge is 0.296 e. The third-order valence-corrected chi connectivity index (χ3v) is 5.86. The molecule has 2 bridgehead atoms. The van der Waals surface area contributed by atoms with Gasteiger partial charge in [0.05, 0.1) is 5.54 Å². The molecule has 2 aliphatic rings. The predicted octanol–water partition coefficient (Wildman–Crippen LogP) is 1.55. The van der Waals surface area contributed by atoms with Crippen molar-refractivity contribution in [1.29, 1.82) is 0 Å². The van der Waals surface area contributed by atoms with Crippen molar-refractivity contribution < 1.29 is 19.1 Å². The minimum Gasteiger partial charge on any atom is -0.501 e. The van der Waals surface area contributed by atoms with Crippen LogP contribution in [-0.2, 0) is 23.4 Å². The molecule has 158 valence electrons. The number of carbonyl (C=O) groups excluding carboxylic acids is 2. The van der Waals surface area contributed by atoms with Crippen LogP contribution in [-0.4, -0.2) is 26.5 Å². The van der Waals surface area contributed by atoms with Gasteiger partial charge in [-0.1, -0.05) is 18.6 Å². The maximum absolute atomic E-state index is 13.0. The number of nitrogens with one attached hydrogen (secondary N) is 2. The summed E-state index contributed by atoms with van der Waals surface area (Å²) in [7, 11) is 0. The van der Waals surface area contributed by atoms with Crippen molar-refractivity contribution in [2.75, 3.05) is 0 Å². The van der Waals surface area contributed by atoms with Gasteiger partial charge in [-0.05, 0) is 42.9 Å². The molecule has 1 aliphatic heterocycles. The molecular formula is C21H23FN4O4. The van der Waals surface area contributed by atoms with Crippen molar-refractivity contribution in [1.82, 2.24) is 20.2 Å². The highest BCUT2D eigenvalue weighted by molar-refractivity contribution is 5.94. The number of aromatic nitrogens is 2. The third-order valence-electron chi connectivity index (χ3n) is 5.86. The van der Waals surface area contributed by atoms with E-state index in [0.717, 1.165) is 12.8 Å². The van der Waals surface area contributed by atoms with Gasteiger partial charge < -0.3 is 15.7 Å². The zero-order chi connectivity index (χ0) is 21.5. The van der Waals surface area contributed by atoms with Crippen LogP contribution in [0.4, 0.5) is 4.39 Å². The molecule has 1 fully saturated rings. The van der Waals surface area contributed by atoms with Crippen LogP contribution in [0.15, 0.2) is 29.1 Å². The molecule has 1 aliphatic carbocycles. The lowest BCUT2D eigenvalue weighted by Gasteiger charge is -2.46. The molecule has 2 heterocycles. The molecule has 9 heteroatoms. The Labute approximate surface area is 172 Å². The van der Waals surface area contributed by atoms with Gasteiger partial charge in [-0.3, -0.25) is 19.0 Å². The fourth-order valence-corrected chi connectivity index (χ4v) is 4.62. The average molecular weight is 414 g/mol. The molecule has 2 atom stereocenters. The van der Waals surface area contributed by atoms with Gasteiger partial charge in [0.2, 0.25) is 11.7 Å². The summed E-state index contributed by atoms with van der Waals surface area (Å²) in [6.07, 6.45) is 3.04. The Morgan fingerprint density at radius 1 is 1.33 bits per heavy atom. The van der Waals surface area contributed by atoms with Crippen LogP contribution in [0, 0.1) is 11.7 Å². The summed E-state index contributed by atoms with van der Waals surface area (Å²) in [5.74, 6) is -1.56. The topological polar surface area (TPSA) is 113 Å². The first-order chi connectivity index (χ1) is 14.3. The Balaban J connectivity index is 1.69. The second-order valence-corrected chi connectivity index (χ2v) is 8.08. The Morgan fingerprint density at radius 3 is 2.77 bits per heavy atom. The van der Waals surface area contributed by atoms with Gasteiger partial charge in [0, 0.05) is 20.0 Å². The fraction of sp³-hybridized carbons (Fsp3) is 0.429. The van der Waals surface area contributed by atoms with Crippen LogP contribution in [0.5, 0.6) is 5.75 Å². The van der Waals surface area contributed by atoms with Crippen molar-refractivity contribution in [2.45, 2.75) is 51.2 Å². The van der Waals surface area contributed by atoms with Gasteiger partial charge in [-0.15, -0.1) is 0 Å². The molecule has 2 unspecified atom stereocenters. The van der Waals surface area contributed by atoms with Crippen LogP contribution in [0.1, 0.15) is 54.5 Å². The Bertz CT molecular complexity index is 1070. The number of hydrogen-bond acceptors (Lipinski definition) is 5. The van der Waals surface area contributed by atoms with E-state index in [1.54, 1.807) is 0 Å². The van der Waals surface area contributed by atoms with Gasteiger partial charge in [-0.25, -0.2) is 9.37 Å². The molecule has 8 nitrogen and oxygen atoms in total. The average Bonchev–Trinajstić information content (AvgIpc) is 2.70. The summed E-state index contributed by atoms with van der Waals surface area (Å²) in [4.78, 5) is 41.8. The van der Waals surface area contributed by atoms with Gasteiger partial charge in [0.1, 0.15) is 11.6 Å². The van der Waals surface area contributed by atoms with Gasteiger partial charge in [0.15, 0.2) is 5.69 Å². The van der Waals surface area contributed by atoms with E-state index in [4.69, 9.17) is 0 Å². The minimum atomic E-state index is -0.828. The van der Waals surface area contributed by atoms with E-state index in [-0.39, 0.29) is 29.9 Å². The molecule has 0 radical (unpaired) electrons. The molecule has 2 aromatic rings. The monoisotopic (exact) mass is 414 g/mol. The summed E-state index contributed by atoms with van der Waals surface area (Å²) < 4.78 is 14.4. The molecule has 1 aromatic heterocycles. The Hall–Kier alpha value is -3.23.